The van der Waals surface area contributed by atoms with Gasteiger partial charge in [0.2, 0.25) is 0 Å². The third kappa shape index (κ3) is 9.57. The predicted molar refractivity (Wildman–Crippen MR) is 142 cm³/mol. The van der Waals surface area contributed by atoms with Crippen molar-refractivity contribution < 1.29 is 24.5 Å². The first kappa shape index (κ1) is 27.7. The second-order valence-corrected chi connectivity index (χ2v) is 10.0. The summed E-state index contributed by atoms with van der Waals surface area (Å²) in [6.45, 7) is 5.30. The Bertz CT molecular complexity index is 1130. The largest absolute Gasteiger partial charge is 0.465 e. The number of hydrogen-bond donors (Lipinski definition) is 4. The normalized spacial score (nSPS) is 13.7. The van der Waals surface area contributed by atoms with Crippen LogP contribution >= 0.6 is 0 Å². The van der Waals surface area contributed by atoms with Crippen molar-refractivity contribution in [1.82, 2.24) is 15.6 Å². The Kier molecular flexibility index (Phi) is 9.63. The maximum Gasteiger partial charge on any atom is 0.407 e. The van der Waals surface area contributed by atoms with Gasteiger partial charge in [0.05, 0.1) is 17.8 Å². The summed E-state index contributed by atoms with van der Waals surface area (Å²) in [6, 6.07) is 21.6. The fourth-order valence-corrected chi connectivity index (χ4v) is 4.06. The molecule has 3 aromatic rings. The van der Waals surface area contributed by atoms with E-state index < -0.39 is 36.0 Å². The van der Waals surface area contributed by atoms with E-state index in [0.29, 0.717) is 12.8 Å². The van der Waals surface area contributed by atoms with E-state index in [1.54, 1.807) is 27.0 Å². The molecule has 8 nitrogen and oxygen atoms in total. The average molecular weight is 506 g/mol. The molecule has 0 aliphatic rings. The predicted octanol–water partition coefficient (Wildman–Crippen LogP) is 4.81. The second-order valence-electron chi connectivity index (χ2n) is 10.0. The summed E-state index contributed by atoms with van der Waals surface area (Å²) >= 11 is 0. The molecule has 0 saturated heterocycles. The molecule has 1 heterocycles. The Morgan fingerprint density at radius 2 is 1.54 bits per heavy atom. The Balaban J connectivity index is 1.73. The molecule has 196 valence electrons. The van der Waals surface area contributed by atoms with Crippen LogP contribution < -0.4 is 10.6 Å². The van der Waals surface area contributed by atoms with Gasteiger partial charge in [-0.05, 0) is 63.3 Å². The molecule has 0 spiro atoms. The van der Waals surface area contributed by atoms with Crippen molar-refractivity contribution in [2.45, 2.75) is 63.8 Å². The third-order valence-electron chi connectivity index (χ3n) is 5.72. The lowest BCUT2D eigenvalue weighted by atomic mass is 9.93. The zero-order chi connectivity index (χ0) is 26.8. The Morgan fingerprint density at radius 1 is 0.892 bits per heavy atom. The van der Waals surface area contributed by atoms with Gasteiger partial charge in [0, 0.05) is 17.8 Å². The highest BCUT2D eigenvalue weighted by molar-refractivity contribution is 5.68. The first-order chi connectivity index (χ1) is 17.6. The molecular weight excluding hydrogens is 470 g/mol. The fourth-order valence-electron chi connectivity index (χ4n) is 4.06. The maximum atomic E-state index is 12.5. The Hall–Kier alpha value is -3.91. The average Bonchev–Trinajstić information content (AvgIpc) is 2.84. The number of carbonyl (C=O) groups excluding carboxylic acids is 1. The van der Waals surface area contributed by atoms with Crippen LogP contribution in [0.15, 0.2) is 79.0 Å². The second kappa shape index (κ2) is 12.9. The third-order valence-corrected chi connectivity index (χ3v) is 5.72. The summed E-state index contributed by atoms with van der Waals surface area (Å²) in [7, 11) is 0. The van der Waals surface area contributed by atoms with E-state index in [2.05, 4.69) is 15.6 Å². The van der Waals surface area contributed by atoms with Crippen molar-refractivity contribution in [2.75, 3.05) is 0 Å². The standard InChI is InChI=1S/C29H35N3O5/c1-29(2,3)37-28(36)32-25(18-20-9-5-4-6-10-20)26(33)19-23(31-27(34)35)17-21-12-14-22(15-13-21)24-11-7-8-16-30-24/h4-16,23,25-26,31,33H,17-19H2,1-3H3,(H,32,36)(H,34,35)/t23?,25-,26-/m0/s1. The molecular formula is C29H35N3O5. The number of nitrogens with zero attached hydrogens (tertiary/aromatic N) is 1. The fraction of sp³-hybridized carbons (Fsp3) is 0.345. The molecule has 2 aromatic carbocycles. The minimum Gasteiger partial charge on any atom is -0.465 e. The van der Waals surface area contributed by atoms with Crippen molar-refractivity contribution in [1.29, 1.82) is 0 Å². The molecule has 0 aliphatic carbocycles. The number of ether oxygens (including phenoxy) is 1. The number of carboxylic acid groups (broad SMARTS) is 1. The number of hydrogen-bond acceptors (Lipinski definition) is 5. The van der Waals surface area contributed by atoms with Crippen molar-refractivity contribution in [3.63, 3.8) is 0 Å². The van der Waals surface area contributed by atoms with Crippen molar-refractivity contribution >= 4 is 12.2 Å². The van der Waals surface area contributed by atoms with Crippen LogP contribution in [0, 0.1) is 0 Å². The van der Waals surface area contributed by atoms with Crippen LogP contribution in [0.25, 0.3) is 11.3 Å². The van der Waals surface area contributed by atoms with Crippen LogP contribution in [0.4, 0.5) is 9.59 Å². The topological polar surface area (TPSA) is 121 Å². The molecule has 0 aliphatic heterocycles. The van der Waals surface area contributed by atoms with Gasteiger partial charge in [0.25, 0.3) is 0 Å². The van der Waals surface area contributed by atoms with Crippen LogP contribution in [0.3, 0.4) is 0 Å². The highest BCUT2D eigenvalue weighted by atomic mass is 16.6. The summed E-state index contributed by atoms with van der Waals surface area (Å²) in [4.78, 5) is 28.4. The lowest BCUT2D eigenvalue weighted by molar-refractivity contribution is 0.0400. The minimum absolute atomic E-state index is 0.0988. The van der Waals surface area contributed by atoms with Crippen LogP contribution in [0.5, 0.6) is 0 Å². The van der Waals surface area contributed by atoms with Gasteiger partial charge in [0.1, 0.15) is 5.60 Å². The molecule has 4 N–H and O–H groups in total. The number of rotatable bonds is 10. The number of nitrogens with one attached hydrogen (secondary N) is 2. The molecule has 3 atom stereocenters. The van der Waals surface area contributed by atoms with Crippen LogP contribution in [-0.2, 0) is 17.6 Å². The lowest BCUT2D eigenvalue weighted by Crippen LogP contribution is -2.49. The van der Waals surface area contributed by atoms with Crippen molar-refractivity contribution in [3.05, 3.63) is 90.1 Å². The zero-order valence-electron chi connectivity index (χ0n) is 21.4. The zero-order valence-corrected chi connectivity index (χ0v) is 21.4. The molecule has 8 heteroatoms. The Morgan fingerprint density at radius 3 is 2.14 bits per heavy atom. The lowest BCUT2D eigenvalue weighted by Gasteiger charge is -2.29. The number of benzene rings is 2. The highest BCUT2D eigenvalue weighted by Crippen LogP contribution is 2.19. The molecule has 0 bridgehead atoms. The summed E-state index contributed by atoms with van der Waals surface area (Å²) in [5, 5.41) is 25.9. The summed E-state index contributed by atoms with van der Waals surface area (Å²) in [6.07, 6.45) is -0.286. The van der Waals surface area contributed by atoms with Gasteiger partial charge in [0.15, 0.2) is 0 Å². The summed E-state index contributed by atoms with van der Waals surface area (Å²) in [5.41, 5.74) is 2.94. The smallest absolute Gasteiger partial charge is 0.407 e. The van der Waals surface area contributed by atoms with Gasteiger partial charge < -0.3 is 25.6 Å². The van der Waals surface area contributed by atoms with Crippen LogP contribution in [0.2, 0.25) is 0 Å². The van der Waals surface area contributed by atoms with Gasteiger partial charge in [-0.3, -0.25) is 4.98 Å². The molecule has 0 radical (unpaired) electrons. The molecule has 37 heavy (non-hydrogen) atoms. The van der Waals surface area contributed by atoms with E-state index >= 15 is 0 Å². The quantitative estimate of drug-likeness (QED) is 0.314. The first-order valence-corrected chi connectivity index (χ1v) is 12.3. The number of alkyl carbamates (subject to hydrolysis) is 1. The van der Waals surface area contributed by atoms with Gasteiger partial charge in [-0.2, -0.15) is 0 Å². The number of aliphatic hydroxyl groups is 1. The molecule has 1 aromatic heterocycles. The van der Waals surface area contributed by atoms with Gasteiger partial charge in [-0.1, -0.05) is 60.7 Å². The van der Waals surface area contributed by atoms with Crippen LogP contribution in [-0.4, -0.2) is 51.2 Å². The van der Waals surface area contributed by atoms with E-state index in [4.69, 9.17) is 4.74 Å². The molecule has 0 saturated carbocycles. The van der Waals surface area contributed by atoms with E-state index in [1.807, 2.05) is 72.8 Å². The molecule has 2 amide bonds. The maximum absolute atomic E-state index is 12.5. The van der Waals surface area contributed by atoms with Gasteiger partial charge >= 0.3 is 12.2 Å². The van der Waals surface area contributed by atoms with Crippen LogP contribution in [0.1, 0.15) is 38.3 Å². The van der Waals surface area contributed by atoms with Gasteiger partial charge in [-0.15, -0.1) is 0 Å². The summed E-state index contributed by atoms with van der Waals surface area (Å²) < 4.78 is 5.39. The van der Waals surface area contributed by atoms with Crippen molar-refractivity contribution in [3.8, 4) is 11.3 Å². The molecule has 0 fully saturated rings. The number of aromatic nitrogens is 1. The molecule has 1 unspecified atom stereocenters. The highest BCUT2D eigenvalue weighted by Gasteiger charge is 2.28. The van der Waals surface area contributed by atoms with E-state index in [1.165, 1.54) is 0 Å². The number of amides is 2. The summed E-state index contributed by atoms with van der Waals surface area (Å²) in [5.74, 6) is 0. The first-order valence-electron chi connectivity index (χ1n) is 12.3. The van der Waals surface area contributed by atoms with E-state index in [-0.39, 0.29) is 6.42 Å². The van der Waals surface area contributed by atoms with E-state index in [9.17, 15) is 19.8 Å². The van der Waals surface area contributed by atoms with Crippen molar-refractivity contribution in [2.24, 2.45) is 0 Å². The number of pyridine rings is 1. The Labute approximate surface area is 217 Å². The minimum atomic E-state index is -1.18. The van der Waals surface area contributed by atoms with E-state index in [0.717, 1.165) is 22.4 Å². The number of carbonyl (C=O) groups is 2. The molecule has 3 rings (SSSR count). The van der Waals surface area contributed by atoms with Gasteiger partial charge in [-0.25, -0.2) is 9.59 Å². The number of aliphatic hydroxyl groups excluding tert-OH is 1. The SMILES string of the molecule is CC(C)(C)OC(=O)N[C@@H](Cc1ccccc1)[C@@H](O)CC(Cc1ccc(-c2ccccn2)cc1)NC(=O)O. The monoisotopic (exact) mass is 505 g/mol.